The topological polar surface area (TPSA) is 64.8 Å². The number of methoxy groups -OCH3 is 2. The van der Waals surface area contributed by atoms with Gasteiger partial charge < -0.3 is 20.1 Å². The molecule has 0 bridgehead atoms. The van der Waals surface area contributed by atoms with Crippen LogP contribution in [0.1, 0.15) is 24.5 Å². The van der Waals surface area contributed by atoms with Gasteiger partial charge >= 0.3 is 5.97 Å². The minimum absolute atomic E-state index is 0.212. The summed E-state index contributed by atoms with van der Waals surface area (Å²) in [5.74, 6) is -0.212. The lowest BCUT2D eigenvalue weighted by Crippen LogP contribution is -2.36. The number of anilines is 1. The summed E-state index contributed by atoms with van der Waals surface area (Å²) in [4.78, 5) is 13.8. The Morgan fingerprint density at radius 3 is 2.64 bits per heavy atom. The SMILES string of the molecule is COC(=O)C1CCCN1c1ccc(C(OC)C(N)CF)cc1. The standard InChI is InChI=1S/C16H23FN2O3/c1-21-15(13(18)10-17)11-5-7-12(8-6-11)19-9-3-4-14(19)16(20)22-2/h5-8,13-15H,3-4,9-10,18H2,1-2H3. The molecule has 0 aromatic heterocycles. The van der Waals surface area contributed by atoms with Gasteiger partial charge in [-0.2, -0.15) is 0 Å². The van der Waals surface area contributed by atoms with Crippen molar-refractivity contribution in [3.63, 3.8) is 0 Å². The van der Waals surface area contributed by atoms with E-state index >= 15 is 0 Å². The zero-order valence-electron chi connectivity index (χ0n) is 13.0. The molecular formula is C16H23FN2O3. The van der Waals surface area contributed by atoms with Crippen LogP contribution in [0.3, 0.4) is 0 Å². The fourth-order valence-electron chi connectivity index (χ4n) is 2.95. The van der Waals surface area contributed by atoms with Crippen LogP contribution in [-0.2, 0) is 14.3 Å². The van der Waals surface area contributed by atoms with E-state index in [0.717, 1.165) is 30.6 Å². The molecule has 0 aliphatic carbocycles. The van der Waals surface area contributed by atoms with Crippen LogP contribution < -0.4 is 10.6 Å². The Morgan fingerprint density at radius 1 is 1.41 bits per heavy atom. The molecule has 6 heteroatoms. The third-order valence-electron chi connectivity index (χ3n) is 4.10. The van der Waals surface area contributed by atoms with Crippen LogP contribution in [0.2, 0.25) is 0 Å². The molecule has 1 aromatic carbocycles. The highest BCUT2D eigenvalue weighted by molar-refractivity contribution is 5.80. The predicted octanol–water partition coefficient (Wildman–Crippen LogP) is 1.81. The molecule has 3 unspecified atom stereocenters. The summed E-state index contributed by atoms with van der Waals surface area (Å²) in [5.41, 5.74) is 7.50. The van der Waals surface area contributed by atoms with E-state index in [0.29, 0.717) is 0 Å². The minimum Gasteiger partial charge on any atom is -0.467 e. The number of carbonyl (C=O) groups is 1. The first-order chi connectivity index (χ1) is 10.6. The maximum Gasteiger partial charge on any atom is 0.328 e. The van der Waals surface area contributed by atoms with Gasteiger partial charge in [0.15, 0.2) is 0 Å². The molecule has 0 spiro atoms. The molecule has 0 radical (unpaired) electrons. The highest BCUT2D eigenvalue weighted by atomic mass is 19.1. The Kier molecular flexibility index (Phi) is 5.74. The largest absolute Gasteiger partial charge is 0.467 e. The lowest BCUT2D eigenvalue weighted by molar-refractivity contribution is -0.141. The number of hydrogen-bond acceptors (Lipinski definition) is 5. The van der Waals surface area contributed by atoms with Gasteiger partial charge in [0, 0.05) is 19.3 Å². The minimum atomic E-state index is -0.689. The highest BCUT2D eigenvalue weighted by Crippen LogP contribution is 2.28. The van der Waals surface area contributed by atoms with E-state index in [2.05, 4.69) is 0 Å². The first kappa shape index (κ1) is 16.7. The number of hydrogen-bond donors (Lipinski definition) is 1. The number of ether oxygens (including phenoxy) is 2. The van der Waals surface area contributed by atoms with E-state index < -0.39 is 18.8 Å². The molecule has 1 aliphatic heterocycles. The summed E-state index contributed by atoms with van der Waals surface area (Å²) in [6.45, 7) is 0.174. The maximum atomic E-state index is 12.7. The smallest absolute Gasteiger partial charge is 0.328 e. The van der Waals surface area contributed by atoms with Crippen molar-refractivity contribution < 1.29 is 18.7 Å². The van der Waals surface area contributed by atoms with Crippen LogP contribution in [0.5, 0.6) is 0 Å². The quantitative estimate of drug-likeness (QED) is 0.812. The average Bonchev–Trinajstić information content (AvgIpc) is 3.04. The van der Waals surface area contributed by atoms with Crippen molar-refractivity contribution in [2.24, 2.45) is 5.73 Å². The van der Waals surface area contributed by atoms with Crippen LogP contribution in [0.4, 0.5) is 10.1 Å². The number of carbonyl (C=O) groups excluding carboxylic acids is 1. The van der Waals surface area contributed by atoms with E-state index in [1.54, 1.807) is 0 Å². The van der Waals surface area contributed by atoms with E-state index in [1.165, 1.54) is 14.2 Å². The van der Waals surface area contributed by atoms with Crippen LogP contribution in [-0.4, -0.2) is 45.5 Å². The monoisotopic (exact) mass is 310 g/mol. The van der Waals surface area contributed by atoms with E-state index in [9.17, 15) is 9.18 Å². The molecule has 0 amide bonds. The van der Waals surface area contributed by atoms with Gasteiger partial charge in [0.25, 0.3) is 0 Å². The third kappa shape index (κ3) is 3.39. The Morgan fingerprint density at radius 2 is 2.09 bits per heavy atom. The van der Waals surface area contributed by atoms with Crippen LogP contribution in [0.25, 0.3) is 0 Å². The van der Waals surface area contributed by atoms with Gasteiger partial charge in [-0.05, 0) is 30.5 Å². The van der Waals surface area contributed by atoms with Crippen molar-refractivity contribution in [2.75, 3.05) is 32.3 Å². The summed E-state index contributed by atoms with van der Waals surface area (Å²) in [7, 11) is 2.92. The van der Waals surface area contributed by atoms with Crippen molar-refractivity contribution in [1.82, 2.24) is 0 Å². The van der Waals surface area contributed by atoms with Crippen LogP contribution in [0.15, 0.2) is 24.3 Å². The Bertz CT molecular complexity index is 495. The van der Waals surface area contributed by atoms with Crippen molar-refractivity contribution in [2.45, 2.75) is 31.0 Å². The number of esters is 1. The molecule has 1 aliphatic rings. The molecule has 22 heavy (non-hydrogen) atoms. The number of alkyl halides is 1. The van der Waals surface area contributed by atoms with E-state index in [4.69, 9.17) is 15.2 Å². The van der Waals surface area contributed by atoms with E-state index in [-0.39, 0.29) is 12.0 Å². The number of halogens is 1. The molecule has 5 nitrogen and oxygen atoms in total. The predicted molar refractivity (Wildman–Crippen MR) is 82.5 cm³/mol. The molecule has 3 atom stereocenters. The molecule has 2 N–H and O–H groups in total. The Labute approximate surface area is 130 Å². The Hall–Kier alpha value is -1.66. The van der Waals surface area contributed by atoms with Crippen molar-refractivity contribution in [3.05, 3.63) is 29.8 Å². The van der Waals surface area contributed by atoms with Gasteiger partial charge in [0.2, 0.25) is 0 Å². The summed E-state index contributed by atoms with van der Waals surface area (Å²) in [5, 5.41) is 0. The zero-order valence-corrected chi connectivity index (χ0v) is 13.0. The van der Waals surface area contributed by atoms with Crippen molar-refractivity contribution in [3.8, 4) is 0 Å². The zero-order chi connectivity index (χ0) is 16.1. The first-order valence-corrected chi connectivity index (χ1v) is 7.41. The van der Waals surface area contributed by atoms with Crippen LogP contribution >= 0.6 is 0 Å². The lowest BCUT2D eigenvalue weighted by atomic mass is 10.0. The van der Waals surface area contributed by atoms with Crippen molar-refractivity contribution in [1.29, 1.82) is 0 Å². The van der Waals surface area contributed by atoms with Gasteiger partial charge in [0.1, 0.15) is 12.7 Å². The summed E-state index contributed by atoms with van der Waals surface area (Å²) in [6.07, 6.45) is 1.27. The molecule has 1 heterocycles. The molecule has 2 rings (SSSR count). The molecule has 122 valence electrons. The number of nitrogens with two attached hydrogens (primary N) is 1. The first-order valence-electron chi connectivity index (χ1n) is 7.41. The molecule has 0 saturated carbocycles. The van der Waals surface area contributed by atoms with Gasteiger partial charge in [-0.15, -0.1) is 0 Å². The van der Waals surface area contributed by atoms with Gasteiger partial charge in [-0.1, -0.05) is 12.1 Å². The second-order valence-corrected chi connectivity index (χ2v) is 5.44. The maximum absolute atomic E-state index is 12.7. The molecular weight excluding hydrogens is 287 g/mol. The normalized spacial score (nSPS) is 20.7. The molecule has 1 saturated heterocycles. The fraction of sp³-hybridized carbons (Fsp3) is 0.562. The van der Waals surface area contributed by atoms with Crippen molar-refractivity contribution >= 4 is 11.7 Å². The fourth-order valence-corrected chi connectivity index (χ4v) is 2.95. The van der Waals surface area contributed by atoms with Gasteiger partial charge in [0.05, 0.1) is 19.3 Å². The third-order valence-corrected chi connectivity index (χ3v) is 4.10. The van der Waals surface area contributed by atoms with E-state index in [1.807, 2.05) is 29.2 Å². The molecule has 1 fully saturated rings. The molecule has 1 aromatic rings. The second-order valence-electron chi connectivity index (χ2n) is 5.44. The summed E-state index contributed by atoms with van der Waals surface area (Å²) >= 11 is 0. The van der Waals surface area contributed by atoms with Gasteiger partial charge in [-0.25, -0.2) is 9.18 Å². The summed E-state index contributed by atoms with van der Waals surface area (Å²) in [6, 6.07) is 6.63. The van der Waals surface area contributed by atoms with Crippen LogP contribution in [0, 0.1) is 0 Å². The average molecular weight is 310 g/mol. The number of nitrogens with zero attached hydrogens (tertiary/aromatic N) is 1. The highest BCUT2D eigenvalue weighted by Gasteiger charge is 2.31. The lowest BCUT2D eigenvalue weighted by Gasteiger charge is -2.26. The second kappa shape index (κ2) is 7.56. The number of benzene rings is 1. The Balaban J connectivity index is 2.16. The number of rotatable bonds is 6. The van der Waals surface area contributed by atoms with Gasteiger partial charge in [-0.3, -0.25) is 0 Å². The summed E-state index contributed by atoms with van der Waals surface area (Å²) < 4.78 is 22.9.